The smallest absolute Gasteiger partial charge is 0.145 e. The van der Waals surface area contributed by atoms with E-state index in [1.165, 1.54) is 12.1 Å². The van der Waals surface area contributed by atoms with Gasteiger partial charge in [-0.2, -0.15) is 0 Å². The zero-order valence-electron chi connectivity index (χ0n) is 12.2. The third-order valence-corrected chi connectivity index (χ3v) is 4.32. The fourth-order valence-corrected chi connectivity index (χ4v) is 2.71. The minimum Gasteiger partial charge on any atom is -0.390 e. The number of nitrogens with zero attached hydrogens (tertiary/aromatic N) is 1. The van der Waals surface area contributed by atoms with Crippen LogP contribution in [0.1, 0.15) is 17.5 Å². The fraction of sp³-hybridized carbons (Fsp3) is 0.235. The van der Waals surface area contributed by atoms with Crippen LogP contribution in [0.25, 0.3) is 0 Å². The lowest BCUT2D eigenvalue weighted by molar-refractivity contribution is 0.0848. The maximum Gasteiger partial charge on any atom is 0.145 e. The lowest BCUT2D eigenvalue weighted by Crippen LogP contribution is -2.26. The third-order valence-electron chi connectivity index (χ3n) is 3.58. The Balaban J connectivity index is 1.50. The second-order valence-electron chi connectivity index (χ2n) is 5.36. The van der Waals surface area contributed by atoms with E-state index in [-0.39, 0.29) is 11.9 Å². The SMILES string of the molecule is Fc1cccc(CNC[C@@H]2CC(c3ccc(Cl)c(Cl)c3)=NO2)c1. The summed E-state index contributed by atoms with van der Waals surface area (Å²) in [7, 11) is 0. The first-order chi connectivity index (χ1) is 11.1. The zero-order chi connectivity index (χ0) is 16.2. The molecule has 2 aromatic carbocycles. The van der Waals surface area contributed by atoms with Crippen molar-refractivity contribution in [3.05, 3.63) is 69.5 Å². The van der Waals surface area contributed by atoms with E-state index < -0.39 is 0 Å². The van der Waals surface area contributed by atoms with E-state index in [4.69, 9.17) is 28.0 Å². The van der Waals surface area contributed by atoms with Gasteiger partial charge in [0, 0.05) is 25.1 Å². The van der Waals surface area contributed by atoms with Crippen LogP contribution in [0.3, 0.4) is 0 Å². The quantitative estimate of drug-likeness (QED) is 0.864. The predicted octanol–water partition coefficient (Wildman–Crippen LogP) is 4.42. The largest absolute Gasteiger partial charge is 0.390 e. The second kappa shape index (κ2) is 7.30. The van der Waals surface area contributed by atoms with E-state index >= 15 is 0 Å². The van der Waals surface area contributed by atoms with Crippen molar-refractivity contribution in [2.24, 2.45) is 5.16 Å². The van der Waals surface area contributed by atoms with Crippen LogP contribution < -0.4 is 5.32 Å². The van der Waals surface area contributed by atoms with Crippen LogP contribution in [0.4, 0.5) is 4.39 Å². The van der Waals surface area contributed by atoms with Crippen LogP contribution in [-0.2, 0) is 11.4 Å². The van der Waals surface area contributed by atoms with E-state index in [1.807, 2.05) is 12.1 Å². The molecule has 6 heteroatoms. The summed E-state index contributed by atoms with van der Waals surface area (Å²) in [5, 5.41) is 8.38. The van der Waals surface area contributed by atoms with Crippen molar-refractivity contribution in [2.75, 3.05) is 6.54 Å². The fourth-order valence-electron chi connectivity index (χ4n) is 2.41. The molecule has 0 unspecified atom stereocenters. The van der Waals surface area contributed by atoms with E-state index in [0.717, 1.165) is 16.8 Å². The van der Waals surface area contributed by atoms with Crippen molar-refractivity contribution in [3.8, 4) is 0 Å². The molecule has 3 rings (SSSR count). The summed E-state index contributed by atoms with van der Waals surface area (Å²) < 4.78 is 13.1. The van der Waals surface area contributed by atoms with Crippen molar-refractivity contribution in [3.63, 3.8) is 0 Å². The molecule has 0 saturated heterocycles. The molecule has 0 radical (unpaired) electrons. The van der Waals surface area contributed by atoms with E-state index in [0.29, 0.717) is 29.6 Å². The summed E-state index contributed by atoms with van der Waals surface area (Å²) in [4.78, 5) is 5.43. The highest BCUT2D eigenvalue weighted by Gasteiger charge is 2.22. The summed E-state index contributed by atoms with van der Waals surface area (Å²) in [5.74, 6) is -0.230. The van der Waals surface area contributed by atoms with Gasteiger partial charge in [-0.3, -0.25) is 0 Å². The normalized spacial score (nSPS) is 17.0. The molecule has 0 fully saturated rings. The van der Waals surface area contributed by atoms with E-state index in [2.05, 4.69) is 10.5 Å². The predicted molar refractivity (Wildman–Crippen MR) is 90.6 cm³/mol. The molecule has 0 saturated carbocycles. The Morgan fingerprint density at radius 1 is 1.17 bits per heavy atom. The maximum absolute atomic E-state index is 13.1. The average molecular weight is 353 g/mol. The number of hydrogen-bond acceptors (Lipinski definition) is 3. The number of rotatable bonds is 5. The highest BCUT2D eigenvalue weighted by atomic mass is 35.5. The molecular formula is C17H15Cl2FN2O. The summed E-state index contributed by atoms with van der Waals surface area (Å²) >= 11 is 11.9. The third kappa shape index (κ3) is 4.22. The molecule has 2 aromatic rings. The molecule has 1 atom stereocenters. The zero-order valence-corrected chi connectivity index (χ0v) is 13.7. The highest BCUT2D eigenvalue weighted by Crippen LogP contribution is 2.25. The van der Waals surface area contributed by atoms with Crippen LogP contribution in [0.5, 0.6) is 0 Å². The Labute approximate surface area is 144 Å². The lowest BCUT2D eigenvalue weighted by atomic mass is 10.1. The van der Waals surface area contributed by atoms with Crippen LogP contribution in [0.2, 0.25) is 10.0 Å². The van der Waals surface area contributed by atoms with Crippen molar-refractivity contribution in [1.29, 1.82) is 0 Å². The monoisotopic (exact) mass is 352 g/mol. The highest BCUT2D eigenvalue weighted by molar-refractivity contribution is 6.42. The Kier molecular flexibility index (Phi) is 5.16. The number of nitrogens with one attached hydrogen (secondary N) is 1. The van der Waals surface area contributed by atoms with Crippen LogP contribution in [0.15, 0.2) is 47.6 Å². The van der Waals surface area contributed by atoms with Gasteiger partial charge in [0.1, 0.15) is 11.9 Å². The number of hydrogen-bond donors (Lipinski definition) is 1. The van der Waals surface area contributed by atoms with E-state index in [1.54, 1.807) is 18.2 Å². The Bertz CT molecular complexity index is 736. The van der Waals surface area contributed by atoms with Crippen molar-refractivity contribution < 1.29 is 9.23 Å². The molecule has 3 nitrogen and oxygen atoms in total. The van der Waals surface area contributed by atoms with Gasteiger partial charge in [0.15, 0.2) is 0 Å². The first-order valence-corrected chi connectivity index (χ1v) is 8.00. The maximum atomic E-state index is 13.1. The first kappa shape index (κ1) is 16.2. The van der Waals surface area contributed by atoms with Gasteiger partial charge in [-0.15, -0.1) is 0 Å². The first-order valence-electron chi connectivity index (χ1n) is 7.25. The number of halogens is 3. The van der Waals surface area contributed by atoms with Gasteiger partial charge < -0.3 is 10.2 Å². The van der Waals surface area contributed by atoms with Crippen LogP contribution >= 0.6 is 23.2 Å². The molecule has 0 aromatic heterocycles. The molecule has 1 heterocycles. The molecule has 0 bridgehead atoms. The van der Waals surface area contributed by atoms with Gasteiger partial charge >= 0.3 is 0 Å². The molecule has 1 N–H and O–H groups in total. The molecule has 0 aliphatic carbocycles. The Hall–Kier alpha value is -1.62. The molecule has 1 aliphatic rings. The van der Waals surface area contributed by atoms with Crippen molar-refractivity contribution in [1.82, 2.24) is 5.32 Å². The number of oxime groups is 1. The van der Waals surface area contributed by atoms with Gasteiger partial charge in [-0.05, 0) is 29.8 Å². The average Bonchev–Trinajstić information content (AvgIpc) is 2.99. The minimum atomic E-state index is -0.230. The summed E-state index contributed by atoms with van der Waals surface area (Å²) in [6, 6.07) is 11.9. The summed E-state index contributed by atoms with van der Waals surface area (Å²) in [6.45, 7) is 1.21. The van der Waals surface area contributed by atoms with Crippen molar-refractivity contribution >= 4 is 28.9 Å². The molecule has 0 spiro atoms. The van der Waals surface area contributed by atoms with Gasteiger partial charge in [-0.1, -0.05) is 46.6 Å². The molecular weight excluding hydrogens is 338 g/mol. The Morgan fingerprint density at radius 3 is 2.83 bits per heavy atom. The lowest BCUT2D eigenvalue weighted by Gasteiger charge is -2.10. The molecule has 120 valence electrons. The standard InChI is InChI=1S/C17H15Cl2FN2O/c18-15-5-4-12(7-16(15)19)17-8-14(23-22-17)10-21-9-11-2-1-3-13(20)6-11/h1-7,14,21H,8-10H2/t14-/m0/s1. The molecule has 1 aliphatic heterocycles. The van der Waals surface area contributed by atoms with Crippen LogP contribution in [0, 0.1) is 5.82 Å². The topological polar surface area (TPSA) is 33.6 Å². The van der Waals surface area contributed by atoms with Gasteiger partial charge in [-0.25, -0.2) is 4.39 Å². The summed E-state index contributed by atoms with van der Waals surface area (Å²) in [5.41, 5.74) is 2.65. The van der Waals surface area contributed by atoms with Gasteiger partial charge in [0.25, 0.3) is 0 Å². The Morgan fingerprint density at radius 2 is 2.04 bits per heavy atom. The minimum absolute atomic E-state index is 0.0481. The van der Waals surface area contributed by atoms with Gasteiger partial charge in [0.2, 0.25) is 0 Å². The molecule has 23 heavy (non-hydrogen) atoms. The number of benzene rings is 2. The molecule has 0 amide bonds. The van der Waals surface area contributed by atoms with Crippen LogP contribution in [-0.4, -0.2) is 18.4 Å². The summed E-state index contributed by atoms with van der Waals surface area (Å²) in [6.07, 6.45) is 0.640. The van der Waals surface area contributed by atoms with E-state index in [9.17, 15) is 4.39 Å². The van der Waals surface area contributed by atoms with Gasteiger partial charge in [0.05, 0.1) is 15.8 Å². The van der Waals surface area contributed by atoms with Crippen molar-refractivity contribution in [2.45, 2.75) is 19.1 Å². The second-order valence-corrected chi connectivity index (χ2v) is 6.17.